The largest absolute Gasteiger partial charge is 0.356 e. The zero-order valence-electron chi connectivity index (χ0n) is 17.9. The zero-order valence-corrected chi connectivity index (χ0v) is 17.9. The van der Waals surface area contributed by atoms with Gasteiger partial charge in [0, 0.05) is 25.6 Å². The van der Waals surface area contributed by atoms with E-state index in [0.717, 1.165) is 44.2 Å². The van der Waals surface area contributed by atoms with Crippen LogP contribution in [0, 0.1) is 11.3 Å². The minimum Gasteiger partial charge on any atom is -0.356 e. The molecular formula is C26H32N2O2. The molecule has 1 heterocycles. The van der Waals surface area contributed by atoms with Crippen LogP contribution in [0.1, 0.15) is 44.6 Å². The van der Waals surface area contributed by atoms with Crippen LogP contribution in [0.5, 0.6) is 0 Å². The average Bonchev–Trinajstić information content (AvgIpc) is 2.74. The highest BCUT2D eigenvalue weighted by Crippen LogP contribution is 2.39. The molecule has 1 N–H and O–H groups in total. The highest BCUT2D eigenvalue weighted by Gasteiger charge is 2.45. The molecule has 2 aromatic rings. The van der Waals surface area contributed by atoms with Gasteiger partial charge < -0.3 is 10.2 Å². The minimum atomic E-state index is -0.571. The summed E-state index contributed by atoms with van der Waals surface area (Å²) in [4.78, 5) is 28.3. The first-order valence-corrected chi connectivity index (χ1v) is 11.3. The van der Waals surface area contributed by atoms with E-state index in [1.807, 2.05) is 36.1 Å². The van der Waals surface area contributed by atoms with Gasteiger partial charge in [0.25, 0.3) is 0 Å². The molecular weight excluding hydrogens is 372 g/mol. The van der Waals surface area contributed by atoms with E-state index < -0.39 is 5.41 Å². The molecule has 0 aromatic heterocycles. The van der Waals surface area contributed by atoms with Gasteiger partial charge in [-0.1, -0.05) is 61.0 Å². The lowest BCUT2D eigenvalue weighted by atomic mass is 9.72. The molecule has 1 saturated heterocycles. The van der Waals surface area contributed by atoms with Crippen LogP contribution < -0.4 is 5.32 Å². The first kappa shape index (κ1) is 20.6. The van der Waals surface area contributed by atoms with E-state index in [9.17, 15) is 9.59 Å². The molecule has 4 heteroatoms. The van der Waals surface area contributed by atoms with Gasteiger partial charge in [0.15, 0.2) is 0 Å². The van der Waals surface area contributed by atoms with Crippen molar-refractivity contribution in [1.82, 2.24) is 10.2 Å². The molecule has 4 rings (SSSR count). The monoisotopic (exact) mass is 404 g/mol. The summed E-state index contributed by atoms with van der Waals surface area (Å²) in [6.45, 7) is 3.87. The Labute approximate surface area is 179 Å². The molecule has 0 bridgehead atoms. The molecule has 4 nitrogen and oxygen atoms in total. The Balaban J connectivity index is 1.65. The van der Waals surface area contributed by atoms with E-state index in [-0.39, 0.29) is 17.7 Å². The van der Waals surface area contributed by atoms with Crippen molar-refractivity contribution >= 4 is 11.8 Å². The number of carbonyl (C=O) groups is 2. The number of hydrogen-bond acceptors (Lipinski definition) is 2. The van der Waals surface area contributed by atoms with Crippen LogP contribution in [0.15, 0.2) is 54.6 Å². The van der Waals surface area contributed by atoms with Crippen molar-refractivity contribution in [1.29, 1.82) is 0 Å². The molecule has 2 aliphatic rings. The van der Waals surface area contributed by atoms with Gasteiger partial charge in [-0.2, -0.15) is 0 Å². The number of piperidine rings is 1. The quantitative estimate of drug-likeness (QED) is 0.774. The third kappa shape index (κ3) is 4.14. The third-order valence-electron chi connectivity index (χ3n) is 6.79. The second kappa shape index (κ2) is 9.03. The minimum absolute atomic E-state index is 0.0824. The van der Waals surface area contributed by atoms with E-state index >= 15 is 0 Å². The summed E-state index contributed by atoms with van der Waals surface area (Å²) in [5.74, 6) is 0.511. The number of benzene rings is 2. The maximum absolute atomic E-state index is 13.3. The smallest absolute Gasteiger partial charge is 0.228 e. The van der Waals surface area contributed by atoms with Crippen molar-refractivity contribution in [2.75, 3.05) is 19.6 Å². The second-order valence-corrected chi connectivity index (χ2v) is 8.83. The molecule has 2 fully saturated rings. The summed E-state index contributed by atoms with van der Waals surface area (Å²) in [6.07, 6.45) is 5.49. The van der Waals surface area contributed by atoms with Crippen LogP contribution in [-0.2, 0) is 16.0 Å². The van der Waals surface area contributed by atoms with Crippen LogP contribution in [0.3, 0.4) is 0 Å². The van der Waals surface area contributed by atoms with Crippen molar-refractivity contribution in [3.8, 4) is 11.1 Å². The van der Waals surface area contributed by atoms with Crippen molar-refractivity contribution in [3.05, 3.63) is 60.2 Å². The SMILES string of the molecule is CCNC(=O)[C@@]1(Cc2ccccc2-c2ccccc2)CCCN(C(=O)C2CCC2)C1. The van der Waals surface area contributed by atoms with Crippen molar-refractivity contribution < 1.29 is 9.59 Å². The number of carbonyl (C=O) groups excluding carboxylic acids is 2. The van der Waals surface area contributed by atoms with Crippen LogP contribution in [0.2, 0.25) is 0 Å². The third-order valence-corrected chi connectivity index (χ3v) is 6.79. The van der Waals surface area contributed by atoms with Crippen LogP contribution in [-0.4, -0.2) is 36.3 Å². The Bertz CT molecular complexity index is 891. The molecule has 1 atom stereocenters. The van der Waals surface area contributed by atoms with Gasteiger partial charge in [0.05, 0.1) is 5.41 Å². The molecule has 2 amide bonds. The summed E-state index contributed by atoms with van der Waals surface area (Å²) in [5, 5.41) is 3.08. The van der Waals surface area contributed by atoms with Crippen molar-refractivity contribution in [3.63, 3.8) is 0 Å². The van der Waals surface area contributed by atoms with Gasteiger partial charge >= 0.3 is 0 Å². The standard InChI is InChI=1S/C26H32N2O2/c1-2-27-25(30)26(16-9-17-28(19-26)24(29)21-13-8-14-21)18-22-12-6-7-15-23(22)20-10-4-3-5-11-20/h3-7,10-12,15,21H,2,8-9,13-14,16-19H2,1H3,(H,27,30)/t26-/m1/s1. The molecule has 1 saturated carbocycles. The molecule has 0 radical (unpaired) electrons. The first-order valence-electron chi connectivity index (χ1n) is 11.3. The Morgan fingerprint density at radius 1 is 1.03 bits per heavy atom. The Morgan fingerprint density at radius 3 is 2.47 bits per heavy atom. The molecule has 2 aromatic carbocycles. The van der Waals surface area contributed by atoms with Crippen molar-refractivity contribution in [2.45, 2.75) is 45.4 Å². The van der Waals surface area contributed by atoms with E-state index in [1.165, 1.54) is 11.1 Å². The van der Waals surface area contributed by atoms with E-state index in [0.29, 0.717) is 19.5 Å². The summed E-state index contributed by atoms with van der Waals surface area (Å²) in [5.41, 5.74) is 2.94. The van der Waals surface area contributed by atoms with Gasteiger partial charge in [-0.3, -0.25) is 9.59 Å². The zero-order chi connectivity index (χ0) is 21.0. The Morgan fingerprint density at radius 2 is 1.77 bits per heavy atom. The van der Waals surface area contributed by atoms with Crippen LogP contribution in [0.25, 0.3) is 11.1 Å². The maximum Gasteiger partial charge on any atom is 0.228 e. The predicted molar refractivity (Wildman–Crippen MR) is 120 cm³/mol. The first-order chi connectivity index (χ1) is 14.6. The fourth-order valence-electron chi connectivity index (χ4n) is 4.93. The molecule has 30 heavy (non-hydrogen) atoms. The van der Waals surface area contributed by atoms with E-state index in [1.54, 1.807) is 0 Å². The molecule has 0 spiro atoms. The van der Waals surface area contributed by atoms with Crippen LogP contribution in [0.4, 0.5) is 0 Å². The molecule has 158 valence electrons. The number of rotatable bonds is 6. The highest BCUT2D eigenvalue weighted by atomic mass is 16.2. The summed E-state index contributed by atoms with van der Waals surface area (Å²) in [6, 6.07) is 18.7. The van der Waals surface area contributed by atoms with Gasteiger partial charge in [0.1, 0.15) is 0 Å². The number of likely N-dealkylation sites (tertiary alicyclic amines) is 1. The second-order valence-electron chi connectivity index (χ2n) is 8.83. The van der Waals surface area contributed by atoms with Gasteiger partial charge in [-0.25, -0.2) is 0 Å². The lowest BCUT2D eigenvalue weighted by Gasteiger charge is -2.44. The fraction of sp³-hybridized carbons (Fsp3) is 0.462. The average molecular weight is 405 g/mol. The summed E-state index contributed by atoms with van der Waals surface area (Å²) < 4.78 is 0. The molecule has 0 unspecified atom stereocenters. The molecule has 1 aliphatic heterocycles. The normalized spacial score (nSPS) is 21.7. The van der Waals surface area contributed by atoms with Crippen molar-refractivity contribution in [2.24, 2.45) is 11.3 Å². The predicted octanol–water partition coefficient (Wildman–Crippen LogP) is 4.44. The van der Waals surface area contributed by atoms with E-state index in [4.69, 9.17) is 0 Å². The Kier molecular flexibility index (Phi) is 6.21. The lowest BCUT2D eigenvalue weighted by molar-refractivity contribution is -0.146. The van der Waals surface area contributed by atoms with Gasteiger partial charge in [-0.15, -0.1) is 0 Å². The number of hydrogen-bond donors (Lipinski definition) is 1. The van der Waals surface area contributed by atoms with Crippen LogP contribution >= 0.6 is 0 Å². The molecule has 1 aliphatic carbocycles. The number of nitrogens with one attached hydrogen (secondary N) is 1. The summed E-state index contributed by atoms with van der Waals surface area (Å²) >= 11 is 0. The maximum atomic E-state index is 13.3. The Hall–Kier alpha value is -2.62. The van der Waals surface area contributed by atoms with Gasteiger partial charge in [-0.05, 0) is 55.7 Å². The summed E-state index contributed by atoms with van der Waals surface area (Å²) in [7, 11) is 0. The fourth-order valence-corrected chi connectivity index (χ4v) is 4.93. The van der Waals surface area contributed by atoms with E-state index in [2.05, 4.69) is 35.6 Å². The highest BCUT2D eigenvalue weighted by molar-refractivity contribution is 5.86. The number of amides is 2. The van der Waals surface area contributed by atoms with Gasteiger partial charge in [0.2, 0.25) is 11.8 Å². The number of nitrogens with zero attached hydrogens (tertiary/aromatic N) is 1. The topological polar surface area (TPSA) is 49.4 Å². The lowest BCUT2D eigenvalue weighted by Crippen LogP contribution is -2.55.